The van der Waals surface area contributed by atoms with Crippen LogP contribution in [0.25, 0.3) is 16.6 Å². The highest BCUT2D eigenvalue weighted by atomic mass is 16.6. The van der Waals surface area contributed by atoms with Gasteiger partial charge in [0.15, 0.2) is 0 Å². The smallest absolute Gasteiger partial charge is 0.410 e. The van der Waals surface area contributed by atoms with Gasteiger partial charge in [-0.15, -0.1) is 0 Å². The zero-order chi connectivity index (χ0) is 22.3. The summed E-state index contributed by atoms with van der Waals surface area (Å²) in [6.45, 7) is 9.42. The summed E-state index contributed by atoms with van der Waals surface area (Å²) >= 11 is 0. The van der Waals surface area contributed by atoms with Crippen LogP contribution in [0.1, 0.15) is 33.3 Å². The molecule has 4 rings (SSSR count). The molecular weight excluding hydrogens is 394 g/mol. The van der Waals surface area contributed by atoms with E-state index in [1.807, 2.05) is 53.3 Å². The van der Waals surface area contributed by atoms with Gasteiger partial charge < -0.3 is 14.5 Å². The van der Waals surface area contributed by atoms with Crippen molar-refractivity contribution >= 4 is 17.3 Å². The molecule has 3 aromatic heterocycles. The fraction of sp³-hybridized carbons (Fsp3) is 0.455. The Morgan fingerprint density at radius 1 is 1.19 bits per heavy atom. The lowest BCUT2D eigenvalue weighted by Gasteiger charge is -2.41. The second-order valence-electron chi connectivity index (χ2n) is 8.95. The number of nitrogens with zero attached hydrogens (tertiary/aromatic N) is 7. The van der Waals surface area contributed by atoms with Crippen LogP contribution < -0.4 is 4.90 Å². The van der Waals surface area contributed by atoms with Crippen molar-refractivity contribution in [2.75, 3.05) is 24.5 Å². The Balaban J connectivity index is 1.68. The molecule has 1 aliphatic heterocycles. The van der Waals surface area contributed by atoms with E-state index in [2.05, 4.69) is 27.2 Å². The van der Waals surface area contributed by atoms with Crippen molar-refractivity contribution in [2.24, 2.45) is 7.05 Å². The Labute approximate surface area is 181 Å². The number of hydrogen-bond acceptors (Lipinski definition) is 6. The monoisotopic (exact) mass is 421 g/mol. The number of nitriles is 1. The quantitative estimate of drug-likeness (QED) is 0.632. The van der Waals surface area contributed by atoms with Gasteiger partial charge in [0, 0.05) is 56.2 Å². The maximum Gasteiger partial charge on any atom is 0.410 e. The first kappa shape index (κ1) is 20.7. The molecule has 0 aromatic carbocycles. The number of fused-ring (bicyclic) bond motifs is 1. The number of amides is 1. The first-order valence-corrected chi connectivity index (χ1v) is 10.3. The topological polar surface area (TPSA) is 91.7 Å². The molecular formula is C22H27N7O2. The van der Waals surface area contributed by atoms with Gasteiger partial charge in [-0.3, -0.25) is 4.68 Å². The molecule has 162 valence electrons. The third kappa shape index (κ3) is 4.06. The summed E-state index contributed by atoms with van der Waals surface area (Å²) in [4.78, 5) is 16.6. The molecule has 0 bridgehead atoms. The third-order valence-corrected chi connectivity index (χ3v) is 5.35. The lowest BCUT2D eigenvalue weighted by atomic mass is 10.1. The molecule has 0 unspecified atom stereocenters. The van der Waals surface area contributed by atoms with Crippen LogP contribution in [0.4, 0.5) is 10.5 Å². The van der Waals surface area contributed by atoms with Crippen LogP contribution in [0, 0.1) is 11.3 Å². The minimum Gasteiger partial charge on any atom is -0.444 e. The Kier molecular flexibility index (Phi) is 5.09. The van der Waals surface area contributed by atoms with Crippen LogP contribution in [-0.4, -0.2) is 61.7 Å². The minimum absolute atomic E-state index is 0.0424. The fourth-order valence-corrected chi connectivity index (χ4v) is 3.92. The largest absolute Gasteiger partial charge is 0.444 e. The van der Waals surface area contributed by atoms with E-state index in [9.17, 15) is 10.1 Å². The van der Waals surface area contributed by atoms with Gasteiger partial charge in [0.1, 0.15) is 17.2 Å². The summed E-state index contributed by atoms with van der Waals surface area (Å²) < 4.78 is 9.07. The summed E-state index contributed by atoms with van der Waals surface area (Å²) in [7, 11) is 1.88. The molecule has 0 radical (unpaired) electrons. The number of aryl methyl sites for hydroxylation is 1. The van der Waals surface area contributed by atoms with Crippen molar-refractivity contribution in [3.63, 3.8) is 0 Å². The molecule has 1 atom stereocenters. The molecule has 9 nitrogen and oxygen atoms in total. The molecule has 1 amide bonds. The van der Waals surface area contributed by atoms with Crippen LogP contribution in [-0.2, 0) is 11.8 Å². The first-order valence-electron chi connectivity index (χ1n) is 10.3. The predicted octanol–water partition coefficient (Wildman–Crippen LogP) is 3.05. The van der Waals surface area contributed by atoms with Crippen molar-refractivity contribution in [1.82, 2.24) is 24.3 Å². The molecule has 9 heteroatoms. The number of aromatic nitrogens is 4. The van der Waals surface area contributed by atoms with Crippen molar-refractivity contribution in [3.8, 4) is 17.2 Å². The van der Waals surface area contributed by atoms with E-state index < -0.39 is 5.60 Å². The number of hydrogen-bond donors (Lipinski definition) is 0. The molecule has 0 saturated carbocycles. The van der Waals surface area contributed by atoms with Crippen LogP contribution >= 0.6 is 0 Å². The van der Waals surface area contributed by atoms with Crippen LogP contribution in [0.3, 0.4) is 0 Å². The second kappa shape index (κ2) is 7.61. The normalized spacial score (nSPS) is 17.1. The third-order valence-electron chi connectivity index (χ3n) is 5.35. The van der Waals surface area contributed by atoms with Crippen LogP contribution in [0.2, 0.25) is 0 Å². The molecule has 0 spiro atoms. The highest BCUT2D eigenvalue weighted by molar-refractivity contribution is 5.83. The van der Waals surface area contributed by atoms with Gasteiger partial charge in [-0.25, -0.2) is 9.31 Å². The standard InChI is InChI=1S/C22H27N7O2/c1-15-12-27(6-7-28(15)21(30)31-22(2,3)4)19-8-16(18-11-24-26(5)13-18)14-29-20(19)17(9-23)10-25-29/h8,10-11,13-15H,6-7,12H2,1-5H3/t15-/m0/s1. The molecule has 4 heterocycles. The van der Waals surface area contributed by atoms with Gasteiger partial charge >= 0.3 is 6.09 Å². The van der Waals surface area contributed by atoms with E-state index in [0.717, 1.165) is 22.3 Å². The highest BCUT2D eigenvalue weighted by Crippen LogP contribution is 2.32. The van der Waals surface area contributed by atoms with Gasteiger partial charge in [-0.1, -0.05) is 0 Å². The maximum absolute atomic E-state index is 12.6. The van der Waals surface area contributed by atoms with E-state index in [-0.39, 0.29) is 12.1 Å². The van der Waals surface area contributed by atoms with Gasteiger partial charge in [0.05, 0.1) is 23.6 Å². The molecule has 0 aliphatic carbocycles. The highest BCUT2D eigenvalue weighted by Gasteiger charge is 2.32. The number of carbonyl (C=O) groups is 1. The van der Waals surface area contributed by atoms with E-state index in [0.29, 0.717) is 25.2 Å². The Morgan fingerprint density at radius 2 is 1.97 bits per heavy atom. The maximum atomic E-state index is 12.6. The summed E-state index contributed by atoms with van der Waals surface area (Å²) in [5.74, 6) is 0. The Morgan fingerprint density at radius 3 is 2.58 bits per heavy atom. The zero-order valence-corrected chi connectivity index (χ0v) is 18.5. The van der Waals surface area contributed by atoms with Crippen LogP contribution in [0.15, 0.2) is 30.9 Å². The number of anilines is 1. The van der Waals surface area contributed by atoms with Gasteiger partial charge in [-0.2, -0.15) is 15.5 Å². The van der Waals surface area contributed by atoms with E-state index in [1.54, 1.807) is 20.3 Å². The van der Waals surface area contributed by atoms with E-state index >= 15 is 0 Å². The lowest BCUT2D eigenvalue weighted by molar-refractivity contribution is 0.0159. The van der Waals surface area contributed by atoms with Crippen molar-refractivity contribution in [3.05, 3.63) is 36.4 Å². The van der Waals surface area contributed by atoms with Crippen LogP contribution in [0.5, 0.6) is 0 Å². The predicted molar refractivity (Wildman–Crippen MR) is 117 cm³/mol. The summed E-state index contributed by atoms with van der Waals surface area (Å²) in [5, 5.41) is 18.3. The number of ether oxygens (including phenoxy) is 1. The van der Waals surface area contributed by atoms with Crippen molar-refractivity contribution in [1.29, 1.82) is 5.26 Å². The second-order valence-corrected chi connectivity index (χ2v) is 8.95. The average Bonchev–Trinajstić information content (AvgIpc) is 3.31. The molecule has 1 aliphatic rings. The lowest BCUT2D eigenvalue weighted by Crippen LogP contribution is -2.55. The van der Waals surface area contributed by atoms with Gasteiger partial charge in [0.25, 0.3) is 0 Å². The Hall–Kier alpha value is -3.54. The van der Waals surface area contributed by atoms with Crippen molar-refractivity contribution < 1.29 is 9.53 Å². The number of rotatable bonds is 2. The molecule has 31 heavy (non-hydrogen) atoms. The summed E-state index contributed by atoms with van der Waals surface area (Å²) in [6.07, 6.45) is 6.96. The molecule has 0 N–H and O–H groups in total. The van der Waals surface area contributed by atoms with E-state index in [4.69, 9.17) is 4.74 Å². The van der Waals surface area contributed by atoms with Gasteiger partial charge in [-0.05, 0) is 33.8 Å². The summed E-state index contributed by atoms with van der Waals surface area (Å²) in [6, 6.07) is 4.28. The number of pyridine rings is 1. The SMILES string of the molecule is C[C@H]1CN(c2cc(-c3cnn(C)c3)cn3ncc(C#N)c23)CCN1C(=O)OC(C)(C)C. The Bertz CT molecular complexity index is 1160. The average molecular weight is 422 g/mol. The molecule has 3 aromatic rings. The number of carbonyl (C=O) groups excluding carboxylic acids is 1. The molecule has 1 fully saturated rings. The fourth-order valence-electron chi connectivity index (χ4n) is 3.92. The first-order chi connectivity index (χ1) is 14.7. The minimum atomic E-state index is -0.530. The van der Waals surface area contributed by atoms with Crippen molar-refractivity contribution in [2.45, 2.75) is 39.3 Å². The summed E-state index contributed by atoms with van der Waals surface area (Å²) in [5.41, 5.74) is 3.62. The van der Waals surface area contributed by atoms with E-state index in [1.165, 1.54) is 0 Å². The number of piperazine rings is 1. The van der Waals surface area contributed by atoms with Gasteiger partial charge in [0.2, 0.25) is 0 Å². The molecule has 1 saturated heterocycles. The zero-order valence-electron chi connectivity index (χ0n) is 18.5.